The van der Waals surface area contributed by atoms with E-state index in [1.807, 2.05) is 0 Å². The van der Waals surface area contributed by atoms with Crippen LogP contribution in [0.3, 0.4) is 0 Å². The van der Waals surface area contributed by atoms with E-state index < -0.39 is 0 Å². The van der Waals surface area contributed by atoms with E-state index in [9.17, 15) is 0 Å². The van der Waals surface area contributed by atoms with Crippen molar-refractivity contribution in [2.75, 3.05) is 0 Å². The van der Waals surface area contributed by atoms with Crippen LogP contribution in [0.2, 0.25) is 0 Å². The average molecular weight is 183 g/mol. The lowest BCUT2D eigenvalue weighted by atomic mass is 9.90. The summed E-state index contributed by atoms with van der Waals surface area (Å²) in [5.41, 5.74) is 6.21. The Kier molecular flexibility index (Phi) is 3.29. The van der Waals surface area contributed by atoms with E-state index in [1.54, 1.807) is 11.3 Å². The molecule has 0 bridgehead atoms. The fourth-order valence-electron chi connectivity index (χ4n) is 1.26. The molecule has 1 aromatic rings. The Morgan fingerprint density at radius 2 is 2.08 bits per heavy atom. The zero-order chi connectivity index (χ0) is 9.03. The van der Waals surface area contributed by atoms with E-state index in [2.05, 4.69) is 31.4 Å². The highest BCUT2D eigenvalue weighted by atomic mass is 32.1. The second-order valence-corrected chi connectivity index (χ2v) is 4.36. The molecule has 0 aliphatic rings. The Balaban J connectivity index is 2.60. The van der Waals surface area contributed by atoms with Crippen LogP contribution in [0, 0.1) is 0 Å². The Bertz CT molecular complexity index is 212. The molecule has 0 aliphatic carbocycles. The van der Waals surface area contributed by atoms with Gasteiger partial charge in [-0.2, -0.15) is 0 Å². The molecule has 2 heteroatoms. The summed E-state index contributed by atoms with van der Waals surface area (Å²) in [6.07, 6.45) is 3.14. The first-order valence-corrected chi connectivity index (χ1v) is 5.39. The number of nitrogens with two attached hydrogens (primary N) is 1. The van der Waals surface area contributed by atoms with Crippen LogP contribution in [-0.4, -0.2) is 5.54 Å². The minimum Gasteiger partial charge on any atom is -0.325 e. The van der Waals surface area contributed by atoms with E-state index in [4.69, 9.17) is 5.73 Å². The topological polar surface area (TPSA) is 26.0 Å². The molecule has 1 heterocycles. The lowest BCUT2D eigenvalue weighted by Gasteiger charge is -2.25. The highest BCUT2D eigenvalue weighted by molar-refractivity contribution is 7.09. The molecule has 0 aromatic carbocycles. The number of hydrogen-bond donors (Lipinski definition) is 1. The molecule has 0 spiro atoms. The van der Waals surface area contributed by atoms with Gasteiger partial charge < -0.3 is 5.73 Å². The van der Waals surface area contributed by atoms with Crippen molar-refractivity contribution in [2.45, 2.75) is 38.6 Å². The van der Waals surface area contributed by atoms with Gasteiger partial charge in [0, 0.05) is 10.4 Å². The van der Waals surface area contributed by atoms with Gasteiger partial charge in [-0.05, 0) is 30.7 Å². The third kappa shape index (κ3) is 2.32. The molecule has 1 nitrogen and oxygen atoms in total. The number of thiophene rings is 1. The number of rotatable bonds is 4. The Morgan fingerprint density at radius 1 is 1.42 bits per heavy atom. The quantitative estimate of drug-likeness (QED) is 0.763. The summed E-state index contributed by atoms with van der Waals surface area (Å²) < 4.78 is 0. The minimum atomic E-state index is 0.0187. The van der Waals surface area contributed by atoms with Gasteiger partial charge in [-0.25, -0.2) is 0 Å². The molecule has 0 unspecified atom stereocenters. The molecule has 0 amide bonds. The average Bonchev–Trinajstić information content (AvgIpc) is 2.57. The van der Waals surface area contributed by atoms with E-state index in [0.717, 1.165) is 19.3 Å². The minimum absolute atomic E-state index is 0.0187. The summed E-state index contributed by atoms with van der Waals surface area (Å²) in [4.78, 5) is 1.40. The van der Waals surface area contributed by atoms with E-state index in [0.29, 0.717) is 0 Å². The zero-order valence-electron chi connectivity index (χ0n) is 7.84. The molecular weight excluding hydrogens is 166 g/mol. The summed E-state index contributed by atoms with van der Waals surface area (Å²) in [6, 6.07) is 4.25. The van der Waals surface area contributed by atoms with Crippen molar-refractivity contribution in [2.24, 2.45) is 5.73 Å². The first-order chi connectivity index (χ1) is 5.70. The van der Waals surface area contributed by atoms with Gasteiger partial charge in [-0.15, -0.1) is 11.3 Å². The van der Waals surface area contributed by atoms with Gasteiger partial charge >= 0.3 is 0 Å². The highest BCUT2D eigenvalue weighted by Gasteiger charge is 2.20. The van der Waals surface area contributed by atoms with Crippen molar-refractivity contribution < 1.29 is 0 Å². The van der Waals surface area contributed by atoms with Crippen LogP contribution in [0.1, 0.15) is 31.6 Å². The predicted molar refractivity (Wildman–Crippen MR) is 55.5 cm³/mol. The maximum absolute atomic E-state index is 6.19. The summed E-state index contributed by atoms with van der Waals surface area (Å²) in [6.45, 7) is 4.33. The smallest absolute Gasteiger partial charge is 0.0197 e. The molecule has 0 saturated heterocycles. The van der Waals surface area contributed by atoms with Crippen LogP contribution in [0.5, 0.6) is 0 Å². The SMILES string of the molecule is CCC(N)(CC)Cc1cccs1. The Morgan fingerprint density at radius 3 is 2.50 bits per heavy atom. The summed E-state index contributed by atoms with van der Waals surface area (Å²) in [5.74, 6) is 0. The van der Waals surface area contributed by atoms with Crippen LogP contribution in [-0.2, 0) is 6.42 Å². The van der Waals surface area contributed by atoms with E-state index >= 15 is 0 Å². The lowest BCUT2D eigenvalue weighted by molar-refractivity contribution is 0.396. The van der Waals surface area contributed by atoms with Crippen LogP contribution < -0.4 is 5.73 Å². The molecule has 0 saturated carbocycles. The van der Waals surface area contributed by atoms with Gasteiger partial charge in [-0.3, -0.25) is 0 Å². The molecule has 0 atom stereocenters. The van der Waals surface area contributed by atoms with Gasteiger partial charge in [0.25, 0.3) is 0 Å². The fraction of sp³-hybridized carbons (Fsp3) is 0.600. The molecule has 1 rings (SSSR count). The maximum atomic E-state index is 6.19. The molecule has 1 aromatic heterocycles. The van der Waals surface area contributed by atoms with E-state index in [-0.39, 0.29) is 5.54 Å². The Hall–Kier alpha value is -0.340. The molecule has 68 valence electrons. The molecule has 0 fully saturated rings. The molecule has 0 aliphatic heterocycles. The monoisotopic (exact) mass is 183 g/mol. The first kappa shape index (κ1) is 9.75. The van der Waals surface area contributed by atoms with Gasteiger partial charge in [0.2, 0.25) is 0 Å². The second kappa shape index (κ2) is 4.06. The van der Waals surface area contributed by atoms with Crippen LogP contribution in [0.25, 0.3) is 0 Å². The molecule has 12 heavy (non-hydrogen) atoms. The van der Waals surface area contributed by atoms with Crippen molar-refractivity contribution in [3.05, 3.63) is 22.4 Å². The van der Waals surface area contributed by atoms with Gasteiger partial charge in [-0.1, -0.05) is 19.9 Å². The standard InChI is InChI=1S/C10H17NS/c1-3-10(11,4-2)8-9-6-5-7-12-9/h5-7H,3-4,8,11H2,1-2H3. The normalized spacial score (nSPS) is 11.9. The van der Waals surface area contributed by atoms with Crippen LogP contribution in [0.4, 0.5) is 0 Å². The third-order valence-corrected chi connectivity index (χ3v) is 3.39. The van der Waals surface area contributed by atoms with Crippen LogP contribution in [0.15, 0.2) is 17.5 Å². The fourth-order valence-corrected chi connectivity index (χ4v) is 2.12. The molecular formula is C10H17NS. The first-order valence-electron chi connectivity index (χ1n) is 4.51. The maximum Gasteiger partial charge on any atom is 0.0197 e. The summed E-state index contributed by atoms with van der Waals surface area (Å²) in [5, 5.41) is 2.11. The van der Waals surface area contributed by atoms with Gasteiger partial charge in [0.15, 0.2) is 0 Å². The lowest BCUT2D eigenvalue weighted by Crippen LogP contribution is -2.40. The van der Waals surface area contributed by atoms with Gasteiger partial charge in [0.05, 0.1) is 0 Å². The summed E-state index contributed by atoms with van der Waals surface area (Å²) >= 11 is 1.80. The molecule has 0 radical (unpaired) electrons. The van der Waals surface area contributed by atoms with Crippen molar-refractivity contribution in [1.82, 2.24) is 0 Å². The highest BCUT2D eigenvalue weighted by Crippen LogP contribution is 2.21. The van der Waals surface area contributed by atoms with Crippen molar-refractivity contribution in [3.8, 4) is 0 Å². The van der Waals surface area contributed by atoms with Crippen molar-refractivity contribution in [3.63, 3.8) is 0 Å². The van der Waals surface area contributed by atoms with E-state index in [1.165, 1.54) is 4.88 Å². The Labute approximate surface area is 78.6 Å². The summed E-state index contributed by atoms with van der Waals surface area (Å²) in [7, 11) is 0. The van der Waals surface area contributed by atoms with Crippen molar-refractivity contribution in [1.29, 1.82) is 0 Å². The predicted octanol–water partition coefficient (Wildman–Crippen LogP) is 2.81. The second-order valence-electron chi connectivity index (χ2n) is 3.33. The third-order valence-electron chi connectivity index (χ3n) is 2.51. The van der Waals surface area contributed by atoms with Crippen LogP contribution >= 0.6 is 11.3 Å². The zero-order valence-corrected chi connectivity index (χ0v) is 8.66. The molecule has 2 N–H and O–H groups in total. The van der Waals surface area contributed by atoms with Gasteiger partial charge in [0.1, 0.15) is 0 Å². The largest absolute Gasteiger partial charge is 0.325 e. The van der Waals surface area contributed by atoms with Crippen molar-refractivity contribution >= 4 is 11.3 Å². The number of hydrogen-bond acceptors (Lipinski definition) is 2.